The second kappa shape index (κ2) is 4.99. The van der Waals surface area contributed by atoms with Crippen molar-refractivity contribution < 1.29 is 9.59 Å². The van der Waals surface area contributed by atoms with Crippen LogP contribution in [-0.2, 0) is 16.1 Å². The zero-order chi connectivity index (χ0) is 13.2. The molecule has 2 heterocycles. The molecule has 2 aliphatic rings. The SMILES string of the molecule is O=C1[C@H]2CC=CC[C@H]2C(=O)N1CCCn1cccn1. The highest BCUT2D eigenvalue weighted by Gasteiger charge is 2.46. The van der Waals surface area contributed by atoms with Gasteiger partial charge in [-0.15, -0.1) is 0 Å². The minimum Gasteiger partial charge on any atom is -0.282 e. The first-order valence-corrected chi connectivity index (χ1v) is 6.75. The molecule has 0 aromatic carbocycles. The molecule has 3 rings (SSSR count). The molecule has 0 bridgehead atoms. The number of fused-ring (bicyclic) bond motifs is 1. The fraction of sp³-hybridized carbons (Fsp3) is 0.500. The summed E-state index contributed by atoms with van der Waals surface area (Å²) in [5.74, 6) is -0.191. The van der Waals surface area contributed by atoms with Crippen LogP contribution < -0.4 is 0 Å². The lowest BCUT2D eigenvalue weighted by Gasteiger charge is -2.14. The molecule has 2 atom stereocenters. The van der Waals surface area contributed by atoms with Crippen LogP contribution in [-0.4, -0.2) is 33.0 Å². The summed E-state index contributed by atoms with van der Waals surface area (Å²) in [6.45, 7) is 1.24. The van der Waals surface area contributed by atoms with Crippen LogP contribution in [0.3, 0.4) is 0 Å². The minimum atomic E-state index is -0.109. The number of imide groups is 1. The first-order valence-electron chi connectivity index (χ1n) is 6.75. The molecule has 5 heteroatoms. The molecule has 0 N–H and O–H groups in total. The van der Waals surface area contributed by atoms with E-state index in [9.17, 15) is 9.59 Å². The lowest BCUT2D eigenvalue weighted by atomic mass is 9.85. The predicted octanol–water partition coefficient (Wildman–Crippen LogP) is 1.22. The van der Waals surface area contributed by atoms with Crippen molar-refractivity contribution in [2.45, 2.75) is 25.8 Å². The van der Waals surface area contributed by atoms with Gasteiger partial charge in [0.1, 0.15) is 0 Å². The number of carbonyl (C=O) groups excluding carboxylic acids is 2. The topological polar surface area (TPSA) is 55.2 Å². The van der Waals surface area contributed by atoms with Crippen LogP contribution in [0.2, 0.25) is 0 Å². The summed E-state index contributed by atoms with van der Waals surface area (Å²) in [4.78, 5) is 25.8. The van der Waals surface area contributed by atoms with E-state index in [1.165, 1.54) is 4.90 Å². The molecular formula is C14H17N3O2. The van der Waals surface area contributed by atoms with Gasteiger partial charge >= 0.3 is 0 Å². The number of hydrogen-bond acceptors (Lipinski definition) is 3. The Hall–Kier alpha value is -1.91. The van der Waals surface area contributed by atoms with Gasteiger partial charge in [-0.25, -0.2) is 0 Å². The van der Waals surface area contributed by atoms with Gasteiger partial charge in [0, 0.05) is 25.5 Å². The third-order valence-electron chi connectivity index (χ3n) is 3.93. The molecule has 100 valence electrons. The van der Waals surface area contributed by atoms with Crippen molar-refractivity contribution in [2.75, 3.05) is 6.54 Å². The molecule has 1 aliphatic heterocycles. The summed E-state index contributed by atoms with van der Waals surface area (Å²) in [5.41, 5.74) is 0. The Balaban J connectivity index is 1.59. The third-order valence-corrected chi connectivity index (χ3v) is 3.93. The van der Waals surface area contributed by atoms with Crippen LogP contribution in [0.15, 0.2) is 30.6 Å². The summed E-state index contributed by atoms with van der Waals surface area (Å²) in [5, 5.41) is 4.11. The number of nitrogens with zero attached hydrogens (tertiary/aromatic N) is 3. The molecule has 19 heavy (non-hydrogen) atoms. The van der Waals surface area contributed by atoms with E-state index < -0.39 is 0 Å². The van der Waals surface area contributed by atoms with E-state index in [4.69, 9.17) is 0 Å². The van der Waals surface area contributed by atoms with Crippen molar-refractivity contribution in [1.29, 1.82) is 0 Å². The normalized spacial score (nSPS) is 26.0. The Morgan fingerprint density at radius 3 is 2.37 bits per heavy atom. The van der Waals surface area contributed by atoms with Crippen molar-refractivity contribution in [2.24, 2.45) is 11.8 Å². The molecule has 0 spiro atoms. The van der Waals surface area contributed by atoms with Crippen LogP contribution >= 0.6 is 0 Å². The average molecular weight is 259 g/mol. The van der Waals surface area contributed by atoms with Crippen LogP contribution in [0.5, 0.6) is 0 Å². The maximum absolute atomic E-state index is 12.2. The molecule has 1 fully saturated rings. The lowest BCUT2D eigenvalue weighted by Crippen LogP contribution is -2.32. The molecule has 1 aromatic heterocycles. The summed E-state index contributed by atoms with van der Waals surface area (Å²) < 4.78 is 1.82. The number of carbonyl (C=O) groups is 2. The van der Waals surface area contributed by atoms with E-state index in [0.29, 0.717) is 19.4 Å². The van der Waals surface area contributed by atoms with Gasteiger partial charge in [0.25, 0.3) is 0 Å². The standard InChI is InChI=1S/C14H17N3O2/c18-13-11-5-1-2-6-12(11)14(19)17(13)10-4-9-16-8-3-7-15-16/h1-3,7-8,11-12H,4-6,9-10H2/t11-,12+. The number of amides is 2. The van der Waals surface area contributed by atoms with Crippen LogP contribution in [0.25, 0.3) is 0 Å². The second-order valence-electron chi connectivity index (χ2n) is 5.11. The molecule has 2 amide bonds. The summed E-state index contributed by atoms with van der Waals surface area (Å²) in [6, 6.07) is 1.87. The van der Waals surface area contributed by atoms with Gasteiger partial charge in [0.05, 0.1) is 11.8 Å². The highest BCUT2D eigenvalue weighted by atomic mass is 16.2. The minimum absolute atomic E-state index is 0.0137. The average Bonchev–Trinajstić information content (AvgIpc) is 3.02. The molecular weight excluding hydrogens is 242 g/mol. The Bertz CT molecular complexity index is 481. The number of rotatable bonds is 4. The Morgan fingerprint density at radius 2 is 1.79 bits per heavy atom. The van der Waals surface area contributed by atoms with E-state index in [-0.39, 0.29) is 23.7 Å². The van der Waals surface area contributed by atoms with Gasteiger partial charge in [0.2, 0.25) is 11.8 Å². The Morgan fingerprint density at radius 1 is 1.11 bits per heavy atom. The molecule has 0 saturated carbocycles. The molecule has 0 radical (unpaired) electrons. The van der Waals surface area contributed by atoms with Gasteiger partial charge < -0.3 is 0 Å². The van der Waals surface area contributed by atoms with Crippen molar-refractivity contribution >= 4 is 11.8 Å². The molecule has 1 saturated heterocycles. The van der Waals surface area contributed by atoms with Crippen LogP contribution in [0, 0.1) is 11.8 Å². The summed E-state index contributed by atoms with van der Waals surface area (Å²) >= 11 is 0. The van der Waals surface area contributed by atoms with E-state index in [1.54, 1.807) is 6.20 Å². The van der Waals surface area contributed by atoms with E-state index in [2.05, 4.69) is 5.10 Å². The van der Waals surface area contributed by atoms with Gasteiger partial charge in [0.15, 0.2) is 0 Å². The second-order valence-corrected chi connectivity index (χ2v) is 5.11. The van der Waals surface area contributed by atoms with Crippen molar-refractivity contribution in [1.82, 2.24) is 14.7 Å². The quantitative estimate of drug-likeness (QED) is 0.603. The zero-order valence-corrected chi connectivity index (χ0v) is 10.7. The van der Waals surface area contributed by atoms with Gasteiger partial charge in [-0.2, -0.15) is 5.10 Å². The first-order chi connectivity index (χ1) is 9.27. The zero-order valence-electron chi connectivity index (χ0n) is 10.7. The third kappa shape index (κ3) is 2.20. The predicted molar refractivity (Wildman–Crippen MR) is 68.9 cm³/mol. The number of aromatic nitrogens is 2. The summed E-state index contributed by atoms with van der Waals surface area (Å²) in [6.07, 6.45) is 9.82. The van der Waals surface area contributed by atoms with Gasteiger partial charge in [-0.3, -0.25) is 19.2 Å². The van der Waals surface area contributed by atoms with E-state index in [1.807, 2.05) is 29.1 Å². The van der Waals surface area contributed by atoms with Crippen molar-refractivity contribution in [3.05, 3.63) is 30.6 Å². The van der Waals surface area contributed by atoms with Crippen LogP contribution in [0.1, 0.15) is 19.3 Å². The lowest BCUT2D eigenvalue weighted by molar-refractivity contribution is -0.139. The van der Waals surface area contributed by atoms with E-state index in [0.717, 1.165) is 13.0 Å². The Kier molecular flexibility index (Phi) is 3.19. The number of allylic oxidation sites excluding steroid dienone is 2. The number of aryl methyl sites for hydroxylation is 1. The molecule has 1 aromatic rings. The number of hydrogen-bond donors (Lipinski definition) is 0. The maximum atomic E-state index is 12.2. The fourth-order valence-electron chi connectivity index (χ4n) is 2.91. The maximum Gasteiger partial charge on any atom is 0.233 e. The van der Waals surface area contributed by atoms with Crippen LogP contribution in [0.4, 0.5) is 0 Å². The summed E-state index contributed by atoms with van der Waals surface area (Å²) in [7, 11) is 0. The highest BCUT2D eigenvalue weighted by molar-refractivity contribution is 6.05. The van der Waals surface area contributed by atoms with Crippen molar-refractivity contribution in [3.8, 4) is 0 Å². The molecule has 1 aliphatic carbocycles. The van der Waals surface area contributed by atoms with Gasteiger partial charge in [-0.05, 0) is 25.3 Å². The molecule has 0 unspecified atom stereocenters. The van der Waals surface area contributed by atoms with E-state index >= 15 is 0 Å². The largest absolute Gasteiger partial charge is 0.282 e. The first kappa shape index (κ1) is 12.1. The number of likely N-dealkylation sites (tertiary alicyclic amines) is 1. The highest BCUT2D eigenvalue weighted by Crippen LogP contribution is 2.34. The fourth-order valence-corrected chi connectivity index (χ4v) is 2.91. The monoisotopic (exact) mass is 259 g/mol. The molecule has 5 nitrogen and oxygen atoms in total. The van der Waals surface area contributed by atoms with Gasteiger partial charge in [-0.1, -0.05) is 12.2 Å². The smallest absolute Gasteiger partial charge is 0.233 e. The Labute approximate surface area is 111 Å². The van der Waals surface area contributed by atoms with Crippen molar-refractivity contribution in [3.63, 3.8) is 0 Å².